The fourth-order valence-electron chi connectivity index (χ4n) is 2.90. The molecular formula is C21H12ClNO5. The van der Waals surface area contributed by atoms with Crippen molar-refractivity contribution in [3.8, 4) is 22.8 Å². The Morgan fingerprint density at radius 2 is 1.71 bits per heavy atom. The van der Waals surface area contributed by atoms with Gasteiger partial charge in [0.25, 0.3) is 0 Å². The van der Waals surface area contributed by atoms with E-state index in [4.69, 9.17) is 30.2 Å². The highest BCUT2D eigenvalue weighted by molar-refractivity contribution is 6.30. The summed E-state index contributed by atoms with van der Waals surface area (Å²) < 4.78 is 21.7. The third-order valence-electron chi connectivity index (χ3n) is 4.27. The van der Waals surface area contributed by atoms with Crippen molar-refractivity contribution in [2.24, 2.45) is 4.99 Å². The van der Waals surface area contributed by atoms with Crippen molar-refractivity contribution in [2.45, 2.75) is 0 Å². The SMILES string of the molecule is O=C1OC(c2ccc3c(c2)OCO3)=NC1=Cc1ccc(-c2ccc(Cl)cc2)o1. The number of esters is 1. The number of carbonyl (C=O) groups excluding carboxylic acids is 1. The number of ether oxygens (including phenoxy) is 3. The maximum atomic E-state index is 12.2. The molecule has 5 rings (SSSR count). The molecule has 0 fully saturated rings. The molecular weight excluding hydrogens is 382 g/mol. The number of hydrogen-bond donors (Lipinski definition) is 0. The van der Waals surface area contributed by atoms with Crippen LogP contribution >= 0.6 is 11.6 Å². The summed E-state index contributed by atoms with van der Waals surface area (Å²) in [6, 6.07) is 16.1. The lowest BCUT2D eigenvalue weighted by Crippen LogP contribution is -2.05. The molecule has 138 valence electrons. The first-order valence-electron chi connectivity index (χ1n) is 8.44. The van der Waals surface area contributed by atoms with E-state index in [9.17, 15) is 4.79 Å². The first-order valence-corrected chi connectivity index (χ1v) is 8.82. The monoisotopic (exact) mass is 393 g/mol. The van der Waals surface area contributed by atoms with E-state index >= 15 is 0 Å². The van der Waals surface area contributed by atoms with Crippen LogP contribution in [0.1, 0.15) is 11.3 Å². The van der Waals surface area contributed by atoms with Crippen LogP contribution in [0.25, 0.3) is 17.4 Å². The van der Waals surface area contributed by atoms with Crippen molar-refractivity contribution in [1.82, 2.24) is 0 Å². The van der Waals surface area contributed by atoms with Crippen LogP contribution in [0.15, 0.2) is 69.7 Å². The van der Waals surface area contributed by atoms with Gasteiger partial charge in [0.2, 0.25) is 12.7 Å². The number of rotatable bonds is 3. The Balaban J connectivity index is 1.42. The van der Waals surface area contributed by atoms with Crippen LogP contribution in [-0.4, -0.2) is 18.7 Å². The molecule has 2 aliphatic rings. The van der Waals surface area contributed by atoms with Crippen molar-refractivity contribution >= 4 is 29.5 Å². The molecule has 6 nitrogen and oxygen atoms in total. The highest BCUT2D eigenvalue weighted by Gasteiger charge is 2.26. The summed E-state index contributed by atoms with van der Waals surface area (Å²) in [5.41, 5.74) is 1.67. The summed E-state index contributed by atoms with van der Waals surface area (Å²) in [5.74, 6) is 2.06. The van der Waals surface area contributed by atoms with Gasteiger partial charge in [-0.2, -0.15) is 0 Å². The van der Waals surface area contributed by atoms with Crippen LogP contribution in [0.3, 0.4) is 0 Å². The minimum absolute atomic E-state index is 0.157. The lowest BCUT2D eigenvalue weighted by molar-refractivity contribution is -0.129. The van der Waals surface area contributed by atoms with Gasteiger partial charge in [0.1, 0.15) is 11.5 Å². The van der Waals surface area contributed by atoms with Crippen LogP contribution in [0, 0.1) is 0 Å². The molecule has 0 amide bonds. The first-order chi connectivity index (χ1) is 13.7. The van der Waals surface area contributed by atoms with Gasteiger partial charge in [-0.05, 0) is 54.6 Å². The highest BCUT2D eigenvalue weighted by atomic mass is 35.5. The van der Waals surface area contributed by atoms with E-state index in [2.05, 4.69) is 4.99 Å². The zero-order valence-electron chi connectivity index (χ0n) is 14.3. The number of aliphatic imine (C=N–C) groups is 1. The van der Waals surface area contributed by atoms with Gasteiger partial charge in [-0.15, -0.1) is 0 Å². The van der Waals surface area contributed by atoms with E-state index in [1.807, 2.05) is 18.2 Å². The Morgan fingerprint density at radius 3 is 2.57 bits per heavy atom. The Morgan fingerprint density at radius 1 is 0.929 bits per heavy atom. The maximum Gasteiger partial charge on any atom is 0.363 e. The van der Waals surface area contributed by atoms with Gasteiger partial charge in [0.05, 0.1) is 0 Å². The number of nitrogens with zero attached hydrogens (tertiary/aromatic N) is 1. The molecule has 0 unspecified atom stereocenters. The molecule has 0 saturated heterocycles. The zero-order valence-corrected chi connectivity index (χ0v) is 15.1. The lowest BCUT2D eigenvalue weighted by Gasteiger charge is -2.01. The Labute approximate surface area is 164 Å². The van der Waals surface area contributed by atoms with E-state index in [1.165, 1.54) is 0 Å². The van der Waals surface area contributed by atoms with Crippen LogP contribution < -0.4 is 9.47 Å². The Hall–Kier alpha value is -3.51. The zero-order chi connectivity index (χ0) is 19.1. The molecule has 0 bridgehead atoms. The largest absolute Gasteiger partial charge is 0.457 e. The van der Waals surface area contributed by atoms with Crippen LogP contribution in [0.2, 0.25) is 5.02 Å². The number of furan rings is 1. The summed E-state index contributed by atoms with van der Waals surface area (Å²) >= 11 is 5.91. The third kappa shape index (κ3) is 3.04. The maximum absolute atomic E-state index is 12.2. The van der Waals surface area contributed by atoms with E-state index < -0.39 is 5.97 Å². The van der Waals surface area contributed by atoms with Crippen molar-refractivity contribution in [3.05, 3.63) is 76.6 Å². The number of cyclic esters (lactones) is 1. The van der Waals surface area contributed by atoms with Crippen LogP contribution in [-0.2, 0) is 9.53 Å². The number of hydrogen-bond acceptors (Lipinski definition) is 6. The summed E-state index contributed by atoms with van der Waals surface area (Å²) in [4.78, 5) is 16.5. The minimum Gasteiger partial charge on any atom is -0.457 e. The molecule has 0 aliphatic carbocycles. The molecule has 28 heavy (non-hydrogen) atoms. The Bertz CT molecular complexity index is 1140. The predicted molar refractivity (Wildman–Crippen MR) is 102 cm³/mol. The van der Waals surface area contributed by atoms with Gasteiger partial charge < -0.3 is 18.6 Å². The number of carbonyl (C=O) groups is 1. The molecule has 2 aliphatic heterocycles. The molecule has 3 aromatic rings. The molecule has 0 atom stereocenters. The fraction of sp³-hybridized carbons (Fsp3) is 0.0476. The Kier molecular flexibility index (Phi) is 3.91. The lowest BCUT2D eigenvalue weighted by atomic mass is 10.2. The summed E-state index contributed by atoms with van der Waals surface area (Å²) in [7, 11) is 0. The van der Waals surface area contributed by atoms with Crippen LogP contribution in [0.5, 0.6) is 11.5 Å². The van der Waals surface area contributed by atoms with Crippen molar-refractivity contribution in [1.29, 1.82) is 0 Å². The second-order valence-electron chi connectivity index (χ2n) is 6.11. The van der Waals surface area contributed by atoms with Crippen molar-refractivity contribution in [3.63, 3.8) is 0 Å². The average Bonchev–Trinajstić information content (AvgIpc) is 3.43. The van der Waals surface area contributed by atoms with Gasteiger partial charge in [-0.25, -0.2) is 9.79 Å². The molecule has 7 heteroatoms. The van der Waals surface area contributed by atoms with Gasteiger partial charge >= 0.3 is 5.97 Å². The van der Waals surface area contributed by atoms with Crippen molar-refractivity contribution in [2.75, 3.05) is 6.79 Å². The smallest absolute Gasteiger partial charge is 0.363 e. The second kappa shape index (κ2) is 6.58. The van der Waals surface area contributed by atoms with Gasteiger partial charge in [-0.3, -0.25) is 0 Å². The standard InChI is InChI=1S/C21H12ClNO5/c22-14-4-1-12(2-5-14)17-8-6-15(27-17)10-16-21(24)28-20(23-16)13-3-7-18-19(9-13)26-11-25-18/h1-10H,11H2. The molecule has 1 aromatic heterocycles. The van der Waals surface area contributed by atoms with Gasteiger partial charge in [0.15, 0.2) is 17.2 Å². The predicted octanol–water partition coefficient (Wildman–Crippen LogP) is 4.67. The molecule has 3 heterocycles. The molecule has 2 aromatic carbocycles. The third-order valence-corrected chi connectivity index (χ3v) is 4.53. The topological polar surface area (TPSA) is 70.3 Å². The van der Waals surface area contributed by atoms with E-state index in [0.717, 1.165) is 5.56 Å². The average molecular weight is 394 g/mol. The van der Waals surface area contributed by atoms with Gasteiger partial charge in [-0.1, -0.05) is 11.6 Å². The minimum atomic E-state index is -0.544. The van der Waals surface area contributed by atoms with Gasteiger partial charge in [0, 0.05) is 22.2 Å². The molecule has 0 N–H and O–H groups in total. The van der Waals surface area contributed by atoms with Crippen molar-refractivity contribution < 1.29 is 23.4 Å². The number of halogens is 1. The van der Waals surface area contributed by atoms with E-state index in [1.54, 1.807) is 42.5 Å². The second-order valence-corrected chi connectivity index (χ2v) is 6.55. The summed E-state index contributed by atoms with van der Waals surface area (Å²) in [5, 5.41) is 0.650. The fourth-order valence-corrected chi connectivity index (χ4v) is 3.02. The first kappa shape index (κ1) is 16.6. The highest BCUT2D eigenvalue weighted by Crippen LogP contribution is 2.34. The molecule has 0 saturated carbocycles. The summed E-state index contributed by atoms with van der Waals surface area (Å²) in [6.07, 6.45) is 1.54. The number of benzene rings is 2. The molecule has 0 spiro atoms. The number of fused-ring (bicyclic) bond motifs is 1. The van der Waals surface area contributed by atoms with E-state index in [-0.39, 0.29) is 18.4 Å². The quantitative estimate of drug-likeness (QED) is 0.477. The summed E-state index contributed by atoms with van der Waals surface area (Å²) in [6.45, 7) is 0.171. The molecule has 0 radical (unpaired) electrons. The van der Waals surface area contributed by atoms with E-state index in [0.29, 0.717) is 33.6 Å². The van der Waals surface area contributed by atoms with Crippen LogP contribution in [0.4, 0.5) is 0 Å². The normalized spacial score (nSPS) is 16.4.